The summed E-state index contributed by atoms with van der Waals surface area (Å²) in [5.74, 6) is 0.799. The Balaban J connectivity index is 2.07. The van der Waals surface area contributed by atoms with Crippen LogP contribution in [0.4, 0.5) is 0 Å². The molecule has 0 aromatic carbocycles. The second-order valence-corrected chi connectivity index (χ2v) is 4.20. The van der Waals surface area contributed by atoms with E-state index in [1.807, 2.05) is 12.4 Å². The van der Waals surface area contributed by atoms with Crippen LogP contribution in [-0.2, 0) is 6.42 Å². The van der Waals surface area contributed by atoms with E-state index in [-0.39, 0.29) is 0 Å². The average molecular weight is 206 g/mol. The molecule has 1 heterocycles. The lowest BCUT2D eigenvalue weighted by Gasteiger charge is -2.11. The van der Waals surface area contributed by atoms with E-state index >= 15 is 0 Å². The number of aromatic nitrogens is 1. The van der Waals surface area contributed by atoms with Gasteiger partial charge in [0.25, 0.3) is 0 Å². The molecule has 0 spiro atoms. The van der Waals surface area contributed by atoms with Crippen molar-refractivity contribution in [3.05, 3.63) is 30.1 Å². The third kappa shape index (κ3) is 5.53. The van der Waals surface area contributed by atoms with Crippen LogP contribution in [0, 0.1) is 5.92 Å². The van der Waals surface area contributed by atoms with Crippen molar-refractivity contribution in [1.29, 1.82) is 0 Å². The topological polar surface area (TPSA) is 24.9 Å². The predicted molar refractivity (Wildman–Crippen MR) is 64.9 cm³/mol. The molecular formula is C13H22N2. The first-order valence-corrected chi connectivity index (χ1v) is 5.92. The van der Waals surface area contributed by atoms with Crippen LogP contribution in [0.15, 0.2) is 24.5 Å². The Bertz CT molecular complexity index is 246. The van der Waals surface area contributed by atoms with E-state index < -0.39 is 0 Å². The average Bonchev–Trinajstić information content (AvgIpc) is 2.26. The van der Waals surface area contributed by atoms with Crippen molar-refractivity contribution in [2.75, 3.05) is 13.1 Å². The van der Waals surface area contributed by atoms with Crippen molar-refractivity contribution >= 4 is 0 Å². The maximum Gasteiger partial charge on any atom is 0.0270 e. The fourth-order valence-electron chi connectivity index (χ4n) is 1.73. The lowest BCUT2D eigenvalue weighted by atomic mass is 10.1. The van der Waals surface area contributed by atoms with Gasteiger partial charge in [-0.1, -0.05) is 20.3 Å². The van der Waals surface area contributed by atoms with Crippen LogP contribution in [0.2, 0.25) is 0 Å². The summed E-state index contributed by atoms with van der Waals surface area (Å²) in [6.07, 6.45) is 7.42. The van der Waals surface area contributed by atoms with Crippen LogP contribution in [0.1, 0.15) is 32.3 Å². The first kappa shape index (κ1) is 12.2. The van der Waals surface area contributed by atoms with Gasteiger partial charge in [-0.3, -0.25) is 4.98 Å². The summed E-state index contributed by atoms with van der Waals surface area (Å²) < 4.78 is 0. The first-order valence-electron chi connectivity index (χ1n) is 5.92. The summed E-state index contributed by atoms with van der Waals surface area (Å²) in [6.45, 7) is 6.76. The summed E-state index contributed by atoms with van der Waals surface area (Å²) >= 11 is 0. The second kappa shape index (κ2) is 7.41. The quantitative estimate of drug-likeness (QED) is 0.694. The number of pyridine rings is 1. The first-order chi connectivity index (χ1) is 7.33. The van der Waals surface area contributed by atoms with Crippen molar-refractivity contribution in [3.63, 3.8) is 0 Å². The van der Waals surface area contributed by atoms with E-state index in [1.165, 1.54) is 18.4 Å². The third-order valence-corrected chi connectivity index (χ3v) is 2.61. The van der Waals surface area contributed by atoms with Crippen LogP contribution in [0.3, 0.4) is 0 Å². The molecule has 0 aliphatic rings. The van der Waals surface area contributed by atoms with Gasteiger partial charge in [0.1, 0.15) is 0 Å². The molecule has 0 bridgehead atoms. The van der Waals surface area contributed by atoms with E-state index in [4.69, 9.17) is 0 Å². The smallest absolute Gasteiger partial charge is 0.0270 e. The summed E-state index contributed by atoms with van der Waals surface area (Å²) in [4.78, 5) is 4.01. The SMILES string of the molecule is CCCC(C)CNCCc1ccncc1. The van der Waals surface area contributed by atoms with Crippen molar-refractivity contribution in [2.24, 2.45) is 5.92 Å². The standard InChI is InChI=1S/C13H22N2/c1-3-4-12(2)11-15-10-7-13-5-8-14-9-6-13/h5-6,8-9,12,15H,3-4,7,10-11H2,1-2H3. The minimum absolute atomic E-state index is 0.799. The Hall–Kier alpha value is -0.890. The summed E-state index contributed by atoms with van der Waals surface area (Å²) in [6, 6.07) is 4.16. The molecule has 1 atom stereocenters. The van der Waals surface area contributed by atoms with Crippen LogP contribution in [0.25, 0.3) is 0 Å². The zero-order valence-electron chi connectivity index (χ0n) is 9.87. The Morgan fingerprint density at radius 2 is 2.07 bits per heavy atom. The largest absolute Gasteiger partial charge is 0.316 e. The van der Waals surface area contributed by atoms with Gasteiger partial charge in [-0.2, -0.15) is 0 Å². The normalized spacial score (nSPS) is 12.7. The zero-order chi connectivity index (χ0) is 10.9. The van der Waals surface area contributed by atoms with E-state index in [0.717, 1.165) is 25.4 Å². The van der Waals surface area contributed by atoms with Gasteiger partial charge in [-0.05, 0) is 49.5 Å². The van der Waals surface area contributed by atoms with Gasteiger partial charge in [0.2, 0.25) is 0 Å². The van der Waals surface area contributed by atoms with Crippen molar-refractivity contribution < 1.29 is 0 Å². The lowest BCUT2D eigenvalue weighted by molar-refractivity contribution is 0.478. The summed E-state index contributed by atoms with van der Waals surface area (Å²) in [5, 5.41) is 3.50. The molecule has 0 saturated heterocycles. The summed E-state index contributed by atoms with van der Waals surface area (Å²) in [5.41, 5.74) is 1.36. The van der Waals surface area contributed by atoms with Crippen molar-refractivity contribution in [2.45, 2.75) is 33.1 Å². The number of hydrogen-bond donors (Lipinski definition) is 1. The van der Waals surface area contributed by atoms with Crippen LogP contribution in [-0.4, -0.2) is 18.1 Å². The van der Waals surface area contributed by atoms with Gasteiger partial charge < -0.3 is 5.32 Å². The van der Waals surface area contributed by atoms with Crippen LogP contribution < -0.4 is 5.32 Å². The molecule has 1 aromatic rings. The number of nitrogens with one attached hydrogen (secondary N) is 1. The fourth-order valence-corrected chi connectivity index (χ4v) is 1.73. The minimum Gasteiger partial charge on any atom is -0.316 e. The molecular weight excluding hydrogens is 184 g/mol. The van der Waals surface area contributed by atoms with E-state index in [9.17, 15) is 0 Å². The Labute approximate surface area is 93.1 Å². The highest BCUT2D eigenvalue weighted by Gasteiger charge is 1.99. The molecule has 0 aliphatic carbocycles. The molecule has 0 aliphatic heterocycles. The molecule has 1 unspecified atom stereocenters. The molecule has 0 radical (unpaired) electrons. The molecule has 1 aromatic heterocycles. The maximum absolute atomic E-state index is 4.01. The van der Waals surface area contributed by atoms with E-state index in [2.05, 4.69) is 36.3 Å². The molecule has 2 nitrogen and oxygen atoms in total. The monoisotopic (exact) mass is 206 g/mol. The van der Waals surface area contributed by atoms with Gasteiger partial charge in [-0.15, -0.1) is 0 Å². The van der Waals surface area contributed by atoms with Crippen LogP contribution in [0.5, 0.6) is 0 Å². The minimum atomic E-state index is 0.799. The Kier molecular flexibility index (Phi) is 6.02. The lowest BCUT2D eigenvalue weighted by Crippen LogP contribution is -2.23. The number of rotatable bonds is 7. The molecule has 0 saturated carbocycles. The highest BCUT2D eigenvalue weighted by Crippen LogP contribution is 2.02. The molecule has 0 amide bonds. The maximum atomic E-state index is 4.01. The Morgan fingerprint density at radius 3 is 2.73 bits per heavy atom. The zero-order valence-corrected chi connectivity index (χ0v) is 9.87. The highest BCUT2D eigenvalue weighted by molar-refractivity contribution is 5.09. The number of nitrogens with zero attached hydrogens (tertiary/aromatic N) is 1. The van der Waals surface area contributed by atoms with Gasteiger partial charge in [0.15, 0.2) is 0 Å². The van der Waals surface area contributed by atoms with Crippen molar-refractivity contribution in [1.82, 2.24) is 10.3 Å². The molecule has 1 rings (SSSR count). The van der Waals surface area contributed by atoms with Gasteiger partial charge in [-0.25, -0.2) is 0 Å². The molecule has 1 N–H and O–H groups in total. The molecule has 0 fully saturated rings. The van der Waals surface area contributed by atoms with E-state index in [0.29, 0.717) is 0 Å². The highest BCUT2D eigenvalue weighted by atomic mass is 14.8. The van der Waals surface area contributed by atoms with Gasteiger partial charge in [0.05, 0.1) is 0 Å². The second-order valence-electron chi connectivity index (χ2n) is 4.20. The molecule has 2 heteroatoms. The molecule has 15 heavy (non-hydrogen) atoms. The van der Waals surface area contributed by atoms with Gasteiger partial charge >= 0.3 is 0 Å². The summed E-state index contributed by atoms with van der Waals surface area (Å²) in [7, 11) is 0. The number of hydrogen-bond acceptors (Lipinski definition) is 2. The van der Waals surface area contributed by atoms with Crippen LogP contribution >= 0.6 is 0 Å². The molecule has 84 valence electrons. The van der Waals surface area contributed by atoms with Crippen molar-refractivity contribution in [3.8, 4) is 0 Å². The fraction of sp³-hybridized carbons (Fsp3) is 0.615. The third-order valence-electron chi connectivity index (χ3n) is 2.61. The predicted octanol–water partition coefficient (Wildman–Crippen LogP) is 2.65. The van der Waals surface area contributed by atoms with Gasteiger partial charge in [0, 0.05) is 12.4 Å². The van der Waals surface area contributed by atoms with E-state index in [1.54, 1.807) is 0 Å². The Morgan fingerprint density at radius 1 is 1.33 bits per heavy atom.